The van der Waals surface area contributed by atoms with Crippen LogP contribution in [0.3, 0.4) is 0 Å². The first-order chi connectivity index (χ1) is 12.9. The summed E-state index contributed by atoms with van der Waals surface area (Å²) >= 11 is 2.14. The Morgan fingerprint density at radius 1 is 1.15 bits per heavy atom. The predicted molar refractivity (Wildman–Crippen MR) is 110 cm³/mol. The van der Waals surface area contributed by atoms with Crippen molar-refractivity contribution in [1.82, 2.24) is 4.90 Å². The number of benzene rings is 2. The molecular formula is C18H19IN2O5S. The molecule has 1 aliphatic heterocycles. The molecule has 1 saturated heterocycles. The summed E-state index contributed by atoms with van der Waals surface area (Å²) in [5.41, 5.74) is 0.664. The van der Waals surface area contributed by atoms with Gasteiger partial charge in [0.2, 0.25) is 0 Å². The van der Waals surface area contributed by atoms with Crippen LogP contribution >= 0.6 is 22.6 Å². The molecule has 9 heteroatoms. The van der Waals surface area contributed by atoms with Crippen LogP contribution in [-0.4, -0.2) is 52.6 Å². The van der Waals surface area contributed by atoms with E-state index in [9.17, 15) is 13.2 Å². The number of nitrogens with zero attached hydrogens (tertiary/aromatic N) is 1. The second-order valence-electron chi connectivity index (χ2n) is 5.88. The number of ether oxygens (including phenoxy) is 2. The first-order valence-electron chi connectivity index (χ1n) is 8.24. The second-order valence-corrected chi connectivity index (χ2v) is 8.81. The minimum absolute atomic E-state index is 0.00143. The van der Waals surface area contributed by atoms with Crippen LogP contribution in [0.5, 0.6) is 5.75 Å². The molecular weight excluding hydrogens is 483 g/mol. The highest BCUT2D eigenvalue weighted by Crippen LogP contribution is 2.26. The molecule has 0 aromatic heterocycles. The van der Waals surface area contributed by atoms with Crippen molar-refractivity contribution in [3.63, 3.8) is 0 Å². The van der Waals surface area contributed by atoms with Gasteiger partial charge in [-0.25, -0.2) is 8.42 Å². The quantitative estimate of drug-likeness (QED) is 0.636. The van der Waals surface area contributed by atoms with E-state index >= 15 is 0 Å². The SMILES string of the molecule is COc1ccc(S(=O)(=O)Nc2ccc(I)cc2)cc1C(=O)N1CCOCC1. The number of hydrogen-bond acceptors (Lipinski definition) is 5. The molecule has 1 aliphatic rings. The van der Waals surface area contributed by atoms with E-state index in [1.165, 1.54) is 25.3 Å². The number of rotatable bonds is 5. The van der Waals surface area contributed by atoms with Gasteiger partial charge in [0.1, 0.15) is 5.75 Å². The van der Waals surface area contributed by atoms with E-state index < -0.39 is 10.0 Å². The van der Waals surface area contributed by atoms with Crippen molar-refractivity contribution < 1.29 is 22.7 Å². The molecule has 3 rings (SSSR count). The van der Waals surface area contributed by atoms with Gasteiger partial charge in [0.25, 0.3) is 15.9 Å². The third kappa shape index (κ3) is 4.71. The number of nitrogens with one attached hydrogen (secondary N) is 1. The van der Waals surface area contributed by atoms with Gasteiger partial charge in [0.05, 0.1) is 30.8 Å². The Hall–Kier alpha value is -1.85. The normalized spacial score (nSPS) is 14.7. The van der Waals surface area contributed by atoms with Crippen molar-refractivity contribution in [3.05, 3.63) is 51.6 Å². The van der Waals surface area contributed by atoms with E-state index in [4.69, 9.17) is 9.47 Å². The third-order valence-electron chi connectivity index (χ3n) is 4.11. The van der Waals surface area contributed by atoms with Crippen molar-refractivity contribution in [2.45, 2.75) is 4.90 Å². The van der Waals surface area contributed by atoms with Gasteiger partial charge in [-0.2, -0.15) is 0 Å². The zero-order valence-electron chi connectivity index (χ0n) is 14.6. The number of carbonyl (C=O) groups excluding carboxylic acids is 1. The molecule has 0 bridgehead atoms. The maximum absolute atomic E-state index is 12.8. The number of morpholine rings is 1. The molecule has 2 aromatic rings. The maximum atomic E-state index is 12.8. The number of sulfonamides is 1. The largest absolute Gasteiger partial charge is 0.496 e. The van der Waals surface area contributed by atoms with Crippen molar-refractivity contribution in [1.29, 1.82) is 0 Å². The molecule has 0 spiro atoms. The van der Waals surface area contributed by atoms with Gasteiger partial charge in [-0.15, -0.1) is 0 Å². The van der Waals surface area contributed by atoms with E-state index in [1.54, 1.807) is 29.2 Å². The summed E-state index contributed by atoms with van der Waals surface area (Å²) in [6.45, 7) is 1.83. The van der Waals surface area contributed by atoms with Crippen LogP contribution in [-0.2, 0) is 14.8 Å². The van der Waals surface area contributed by atoms with Crippen molar-refractivity contribution in [2.75, 3.05) is 38.1 Å². The summed E-state index contributed by atoms with van der Waals surface area (Å²) in [6, 6.07) is 11.2. The molecule has 2 aromatic carbocycles. The fourth-order valence-electron chi connectivity index (χ4n) is 2.69. The monoisotopic (exact) mass is 502 g/mol. The molecule has 1 amide bonds. The minimum atomic E-state index is -3.84. The number of methoxy groups -OCH3 is 1. The summed E-state index contributed by atoms with van der Waals surface area (Å²) in [6.07, 6.45) is 0. The Kier molecular flexibility index (Phi) is 6.22. The lowest BCUT2D eigenvalue weighted by molar-refractivity contribution is 0.0300. The Bertz CT molecular complexity index is 925. The first-order valence-corrected chi connectivity index (χ1v) is 10.8. The highest BCUT2D eigenvalue weighted by molar-refractivity contribution is 14.1. The van der Waals surface area contributed by atoms with Crippen LogP contribution < -0.4 is 9.46 Å². The lowest BCUT2D eigenvalue weighted by atomic mass is 10.1. The van der Waals surface area contributed by atoms with Crippen LogP contribution in [0.15, 0.2) is 47.4 Å². The second kappa shape index (κ2) is 8.44. The van der Waals surface area contributed by atoms with E-state index in [2.05, 4.69) is 27.3 Å². The summed E-state index contributed by atoms with van der Waals surface area (Å²) in [4.78, 5) is 14.5. The van der Waals surface area contributed by atoms with Gasteiger partial charge < -0.3 is 14.4 Å². The highest BCUT2D eigenvalue weighted by atomic mass is 127. The van der Waals surface area contributed by atoms with Crippen LogP contribution in [0, 0.1) is 3.57 Å². The van der Waals surface area contributed by atoms with Gasteiger partial charge >= 0.3 is 0 Å². The number of halogens is 1. The van der Waals surface area contributed by atoms with Crippen molar-refractivity contribution >= 4 is 44.2 Å². The summed E-state index contributed by atoms with van der Waals surface area (Å²) in [5.74, 6) is 0.0566. The minimum Gasteiger partial charge on any atom is -0.496 e. The van der Waals surface area contributed by atoms with Crippen LogP contribution in [0.4, 0.5) is 5.69 Å². The molecule has 1 fully saturated rings. The molecule has 0 aliphatic carbocycles. The van der Waals surface area contributed by atoms with Crippen LogP contribution in [0.1, 0.15) is 10.4 Å². The topological polar surface area (TPSA) is 84.9 Å². The van der Waals surface area contributed by atoms with E-state index in [0.29, 0.717) is 37.7 Å². The highest BCUT2D eigenvalue weighted by Gasteiger charge is 2.24. The fraction of sp³-hybridized carbons (Fsp3) is 0.278. The third-order valence-corrected chi connectivity index (χ3v) is 6.20. The fourth-order valence-corrected chi connectivity index (χ4v) is 4.13. The molecule has 0 radical (unpaired) electrons. The number of hydrogen-bond donors (Lipinski definition) is 1. The van der Waals surface area contributed by atoms with Crippen LogP contribution in [0.25, 0.3) is 0 Å². The van der Waals surface area contributed by atoms with E-state index in [0.717, 1.165) is 3.57 Å². The molecule has 27 heavy (non-hydrogen) atoms. The standard InChI is InChI=1S/C18H19IN2O5S/c1-25-17-7-6-15(12-16(17)18(22)21-8-10-26-11-9-21)27(23,24)20-14-4-2-13(19)3-5-14/h2-7,12,20H,8-11H2,1H3. The average molecular weight is 502 g/mol. The van der Waals surface area contributed by atoms with E-state index in [-0.39, 0.29) is 16.4 Å². The van der Waals surface area contributed by atoms with Crippen LogP contribution in [0.2, 0.25) is 0 Å². The predicted octanol–water partition coefficient (Wildman–Crippen LogP) is 2.57. The lowest BCUT2D eigenvalue weighted by Crippen LogP contribution is -2.40. The molecule has 0 saturated carbocycles. The van der Waals surface area contributed by atoms with Gasteiger partial charge in [0, 0.05) is 22.3 Å². The molecule has 0 unspecified atom stereocenters. The first kappa shape index (κ1) is 19.9. The molecule has 1 heterocycles. The Morgan fingerprint density at radius 3 is 2.44 bits per heavy atom. The zero-order valence-corrected chi connectivity index (χ0v) is 17.6. The van der Waals surface area contributed by atoms with Crippen molar-refractivity contribution in [2.24, 2.45) is 0 Å². The Balaban J connectivity index is 1.91. The smallest absolute Gasteiger partial charge is 0.261 e. The Morgan fingerprint density at radius 2 is 1.81 bits per heavy atom. The molecule has 144 valence electrons. The Labute approximate surface area is 171 Å². The van der Waals surface area contributed by atoms with Crippen molar-refractivity contribution in [3.8, 4) is 5.75 Å². The lowest BCUT2D eigenvalue weighted by Gasteiger charge is -2.27. The maximum Gasteiger partial charge on any atom is 0.261 e. The summed E-state index contributed by atoms with van der Waals surface area (Å²) < 4.78 is 39.5. The average Bonchev–Trinajstić information content (AvgIpc) is 2.69. The molecule has 7 nitrogen and oxygen atoms in total. The number of anilines is 1. The number of carbonyl (C=O) groups is 1. The van der Waals surface area contributed by atoms with Gasteiger partial charge in [-0.1, -0.05) is 0 Å². The number of amides is 1. The molecule has 0 atom stereocenters. The van der Waals surface area contributed by atoms with Gasteiger partial charge in [0.15, 0.2) is 0 Å². The van der Waals surface area contributed by atoms with Gasteiger partial charge in [-0.3, -0.25) is 9.52 Å². The molecule has 1 N–H and O–H groups in total. The van der Waals surface area contributed by atoms with Gasteiger partial charge in [-0.05, 0) is 65.1 Å². The summed E-state index contributed by atoms with van der Waals surface area (Å²) in [5, 5.41) is 0. The summed E-state index contributed by atoms with van der Waals surface area (Å²) in [7, 11) is -2.39. The zero-order chi connectivity index (χ0) is 19.4. The van der Waals surface area contributed by atoms with E-state index in [1.807, 2.05) is 0 Å².